The summed E-state index contributed by atoms with van der Waals surface area (Å²) in [5.41, 5.74) is 6.40. The Balaban J connectivity index is 2.34. The summed E-state index contributed by atoms with van der Waals surface area (Å²) >= 11 is 0. The number of rotatable bonds is 2. The average molecular weight is 243 g/mol. The molecule has 0 radical (unpaired) electrons. The van der Waals surface area contributed by atoms with E-state index in [0.717, 1.165) is 10.9 Å². The lowest BCUT2D eigenvalue weighted by Gasteiger charge is -2.14. The third kappa shape index (κ3) is 2.29. The molecule has 2 nitrogen and oxygen atoms in total. The Bertz CT molecular complexity index is 530. The van der Waals surface area contributed by atoms with Crippen LogP contribution in [0.1, 0.15) is 11.3 Å². The second kappa shape index (κ2) is 4.07. The van der Waals surface area contributed by atoms with Gasteiger partial charge in [-0.2, -0.15) is 13.2 Å². The number of nitrogens with two attached hydrogens (primary N) is 1. The molecule has 0 saturated carbocycles. The van der Waals surface area contributed by atoms with Gasteiger partial charge in [0.15, 0.2) is 0 Å². The molecule has 2 N–H and O–H groups in total. The molecule has 5 heteroatoms. The summed E-state index contributed by atoms with van der Waals surface area (Å²) in [7, 11) is 0. The Morgan fingerprint density at radius 1 is 1.29 bits per heavy atom. The van der Waals surface area contributed by atoms with Crippen LogP contribution in [0.5, 0.6) is 0 Å². The SMILES string of the molecule is Cc1c(CC(N)C(F)(F)F)oc2ccccc12. The topological polar surface area (TPSA) is 39.2 Å². The maximum atomic E-state index is 12.4. The predicted octanol–water partition coefficient (Wildman–Crippen LogP) is 3.17. The third-order valence-corrected chi connectivity index (χ3v) is 2.77. The van der Waals surface area contributed by atoms with Crippen molar-refractivity contribution in [3.05, 3.63) is 35.6 Å². The fourth-order valence-electron chi connectivity index (χ4n) is 1.74. The van der Waals surface area contributed by atoms with Gasteiger partial charge >= 0.3 is 6.18 Å². The molecule has 17 heavy (non-hydrogen) atoms. The van der Waals surface area contributed by atoms with Gasteiger partial charge in [-0.05, 0) is 18.6 Å². The Labute approximate surface area is 96.2 Å². The van der Waals surface area contributed by atoms with Gasteiger partial charge in [0, 0.05) is 11.8 Å². The lowest BCUT2D eigenvalue weighted by Crippen LogP contribution is -2.39. The van der Waals surface area contributed by atoms with E-state index in [2.05, 4.69) is 0 Å². The number of fused-ring (bicyclic) bond motifs is 1. The minimum atomic E-state index is -4.40. The minimum absolute atomic E-state index is 0.302. The van der Waals surface area contributed by atoms with Crippen molar-refractivity contribution in [1.82, 2.24) is 0 Å². The highest BCUT2D eigenvalue weighted by atomic mass is 19.4. The number of benzene rings is 1. The van der Waals surface area contributed by atoms with Crippen LogP contribution in [0.25, 0.3) is 11.0 Å². The molecule has 0 fully saturated rings. The van der Waals surface area contributed by atoms with E-state index in [1.165, 1.54) is 0 Å². The standard InChI is InChI=1S/C12H12F3NO/c1-7-8-4-2-3-5-9(8)17-10(7)6-11(16)12(13,14)15/h2-5,11H,6,16H2,1H3. The molecule has 2 rings (SSSR count). The Kier molecular flexibility index (Phi) is 2.87. The van der Waals surface area contributed by atoms with Crippen LogP contribution in [0.4, 0.5) is 13.2 Å². The number of hydrogen-bond acceptors (Lipinski definition) is 2. The fourth-order valence-corrected chi connectivity index (χ4v) is 1.74. The van der Waals surface area contributed by atoms with Crippen LogP contribution < -0.4 is 5.73 Å². The van der Waals surface area contributed by atoms with Gasteiger partial charge in [-0.15, -0.1) is 0 Å². The van der Waals surface area contributed by atoms with Crippen molar-refractivity contribution in [3.63, 3.8) is 0 Å². The molecule has 0 aliphatic rings. The second-order valence-corrected chi connectivity index (χ2v) is 4.00. The first kappa shape index (κ1) is 12.0. The zero-order valence-corrected chi connectivity index (χ0v) is 9.21. The van der Waals surface area contributed by atoms with Crippen LogP contribution in [0.3, 0.4) is 0 Å². The van der Waals surface area contributed by atoms with Crippen molar-refractivity contribution in [2.24, 2.45) is 5.73 Å². The summed E-state index contributed by atoms with van der Waals surface area (Å²) < 4.78 is 42.5. The highest BCUT2D eigenvalue weighted by Gasteiger charge is 2.37. The van der Waals surface area contributed by atoms with Gasteiger partial charge in [0.1, 0.15) is 17.4 Å². The molecule has 1 atom stereocenters. The van der Waals surface area contributed by atoms with E-state index in [-0.39, 0.29) is 6.42 Å². The number of furan rings is 1. The summed E-state index contributed by atoms with van der Waals surface area (Å²) in [5, 5.41) is 0.830. The summed E-state index contributed by atoms with van der Waals surface area (Å²) in [5.74, 6) is 0.302. The molecular weight excluding hydrogens is 231 g/mol. The summed E-state index contributed by atoms with van der Waals surface area (Å²) in [6.07, 6.45) is -4.73. The van der Waals surface area contributed by atoms with E-state index in [9.17, 15) is 13.2 Å². The average Bonchev–Trinajstić information content (AvgIpc) is 2.55. The Morgan fingerprint density at radius 2 is 1.94 bits per heavy atom. The zero-order valence-electron chi connectivity index (χ0n) is 9.21. The zero-order chi connectivity index (χ0) is 12.6. The quantitative estimate of drug-likeness (QED) is 0.879. The molecule has 0 aliphatic carbocycles. The normalized spacial score (nSPS) is 14.2. The van der Waals surface area contributed by atoms with Crippen molar-refractivity contribution in [2.45, 2.75) is 25.6 Å². The monoisotopic (exact) mass is 243 g/mol. The van der Waals surface area contributed by atoms with Crippen LogP contribution in [-0.4, -0.2) is 12.2 Å². The van der Waals surface area contributed by atoms with Gasteiger partial charge in [0.05, 0.1) is 0 Å². The number of hydrogen-bond donors (Lipinski definition) is 1. The molecule has 1 aromatic heterocycles. The van der Waals surface area contributed by atoms with Gasteiger partial charge < -0.3 is 10.2 Å². The largest absolute Gasteiger partial charge is 0.461 e. The van der Waals surface area contributed by atoms with Gasteiger partial charge in [-0.25, -0.2) is 0 Å². The molecule has 1 unspecified atom stereocenters. The first-order valence-corrected chi connectivity index (χ1v) is 5.19. The lowest BCUT2D eigenvalue weighted by molar-refractivity contribution is -0.147. The minimum Gasteiger partial charge on any atom is -0.461 e. The first-order chi connectivity index (χ1) is 7.89. The second-order valence-electron chi connectivity index (χ2n) is 4.00. The van der Waals surface area contributed by atoms with Crippen LogP contribution >= 0.6 is 0 Å². The van der Waals surface area contributed by atoms with Crippen LogP contribution in [0.15, 0.2) is 28.7 Å². The van der Waals surface area contributed by atoms with E-state index < -0.39 is 12.2 Å². The molecule has 2 aromatic rings. The number of para-hydroxylation sites is 1. The smallest absolute Gasteiger partial charge is 0.404 e. The van der Waals surface area contributed by atoms with Gasteiger partial charge in [-0.3, -0.25) is 0 Å². The van der Waals surface area contributed by atoms with E-state index in [0.29, 0.717) is 11.3 Å². The van der Waals surface area contributed by atoms with E-state index in [4.69, 9.17) is 10.2 Å². The molecular formula is C12H12F3NO. The molecule has 0 aliphatic heterocycles. The Hall–Kier alpha value is -1.49. The van der Waals surface area contributed by atoms with E-state index >= 15 is 0 Å². The molecule has 0 spiro atoms. The molecule has 92 valence electrons. The van der Waals surface area contributed by atoms with Crippen LogP contribution in [0.2, 0.25) is 0 Å². The molecule has 0 saturated heterocycles. The van der Waals surface area contributed by atoms with Gasteiger partial charge in [-0.1, -0.05) is 18.2 Å². The molecule has 0 bridgehead atoms. The van der Waals surface area contributed by atoms with Crippen LogP contribution in [-0.2, 0) is 6.42 Å². The first-order valence-electron chi connectivity index (χ1n) is 5.19. The number of alkyl halides is 3. The van der Waals surface area contributed by atoms with Crippen molar-refractivity contribution >= 4 is 11.0 Å². The number of halogens is 3. The van der Waals surface area contributed by atoms with E-state index in [1.54, 1.807) is 19.1 Å². The van der Waals surface area contributed by atoms with Crippen molar-refractivity contribution in [2.75, 3.05) is 0 Å². The van der Waals surface area contributed by atoms with Crippen LogP contribution in [0, 0.1) is 6.92 Å². The summed E-state index contributed by atoms with van der Waals surface area (Å²) in [4.78, 5) is 0. The van der Waals surface area contributed by atoms with Gasteiger partial charge in [0.25, 0.3) is 0 Å². The molecule has 0 amide bonds. The molecule has 1 heterocycles. The summed E-state index contributed by atoms with van der Waals surface area (Å²) in [6, 6.07) is 5.25. The fraction of sp³-hybridized carbons (Fsp3) is 0.333. The van der Waals surface area contributed by atoms with Crippen molar-refractivity contribution in [3.8, 4) is 0 Å². The highest BCUT2D eigenvalue weighted by molar-refractivity contribution is 5.81. The van der Waals surface area contributed by atoms with Crippen molar-refractivity contribution < 1.29 is 17.6 Å². The highest BCUT2D eigenvalue weighted by Crippen LogP contribution is 2.28. The van der Waals surface area contributed by atoms with E-state index in [1.807, 2.05) is 12.1 Å². The maximum Gasteiger partial charge on any atom is 0.404 e. The van der Waals surface area contributed by atoms with Gasteiger partial charge in [0.2, 0.25) is 0 Å². The Morgan fingerprint density at radius 3 is 2.53 bits per heavy atom. The predicted molar refractivity (Wildman–Crippen MR) is 58.7 cm³/mol. The van der Waals surface area contributed by atoms with Crippen molar-refractivity contribution in [1.29, 1.82) is 0 Å². The maximum absolute atomic E-state index is 12.4. The lowest BCUT2D eigenvalue weighted by atomic mass is 10.1. The number of aryl methyl sites for hydroxylation is 1. The molecule has 1 aromatic carbocycles. The summed E-state index contributed by atoms with van der Waals surface area (Å²) in [6.45, 7) is 1.74. The third-order valence-electron chi connectivity index (χ3n) is 2.77.